The van der Waals surface area contributed by atoms with Crippen molar-refractivity contribution in [3.8, 4) is 5.75 Å². The van der Waals surface area contributed by atoms with Crippen molar-refractivity contribution in [1.82, 2.24) is 14.7 Å². The molecule has 1 atom stereocenters. The second-order valence-corrected chi connectivity index (χ2v) is 6.55. The van der Waals surface area contributed by atoms with E-state index in [0.29, 0.717) is 18.8 Å². The van der Waals surface area contributed by atoms with E-state index >= 15 is 0 Å². The summed E-state index contributed by atoms with van der Waals surface area (Å²) in [6.07, 6.45) is 0. The molecule has 1 saturated heterocycles. The number of benzene rings is 1. The van der Waals surface area contributed by atoms with Crippen LogP contribution in [0.5, 0.6) is 5.75 Å². The van der Waals surface area contributed by atoms with Crippen LogP contribution in [0.15, 0.2) is 30.3 Å². The van der Waals surface area contributed by atoms with Crippen LogP contribution in [0.2, 0.25) is 0 Å². The molecule has 1 fully saturated rings. The highest BCUT2D eigenvalue weighted by molar-refractivity contribution is 5.98. The summed E-state index contributed by atoms with van der Waals surface area (Å²) in [5.74, 6) is 0.514. The zero-order valence-electron chi connectivity index (χ0n) is 15.6. The maximum Gasteiger partial charge on any atom is 0.247 e. The van der Waals surface area contributed by atoms with Crippen molar-refractivity contribution in [2.45, 2.75) is 26.8 Å². The summed E-state index contributed by atoms with van der Waals surface area (Å²) < 4.78 is 6.94. The molecule has 2 amide bonds. The Kier molecular flexibility index (Phi) is 4.97. The van der Waals surface area contributed by atoms with E-state index < -0.39 is 6.04 Å². The number of nitrogens with zero attached hydrogens (tertiary/aromatic N) is 4. The smallest absolute Gasteiger partial charge is 0.247 e. The van der Waals surface area contributed by atoms with Gasteiger partial charge in [-0.3, -0.25) is 14.3 Å². The van der Waals surface area contributed by atoms with Crippen LogP contribution in [0.3, 0.4) is 0 Å². The first-order chi connectivity index (χ1) is 12.4. The van der Waals surface area contributed by atoms with Gasteiger partial charge in [0.1, 0.15) is 18.3 Å². The molecule has 1 aromatic carbocycles. The molecule has 7 nitrogen and oxygen atoms in total. The van der Waals surface area contributed by atoms with Gasteiger partial charge in [0.05, 0.1) is 12.8 Å². The van der Waals surface area contributed by atoms with Crippen LogP contribution in [-0.2, 0) is 9.59 Å². The standard InChI is InChI=1S/C19H24N4O3/c1-13-10-14(2)23(20-13)15(3)19(25)21-8-9-22(18(24)12-21)16-6-5-7-17(11-16)26-4/h5-7,10-11,15H,8-9,12H2,1-4H3. The largest absolute Gasteiger partial charge is 0.497 e. The lowest BCUT2D eigenvalue weighted by molar-refractivity contribution is -0.139. The fourth-order valence-corrected chi connectivity index (χ4v) is 3.32. The third kappa shape index (κ3) is 3.42. The topological polar surface area (TPSA) is 67.7 Å². The molecule has 1 aliphatic heterocycles. The first kappa shape index (κ1) is 18.0. The molecule has 0 radical (unpaired) electrons. The Balaban J connectivity index is 1.70. The van der Waals surface area contributed by atoms with Gasteiger partial charge in [0.25, 0.3) is 0 Å². The van der Waals surface area contributed by atoms with Crippen LogP contribution in [0.4, 0.5) is 5.69 Å². The van der Waals surface area contributed by atoms with E-state index in [4.69, 9.17) is 4.74 Å². The molecular formula is C19H24N4O3. The van der Waals surface area contributed by atoms with E-state index in [1.165, 1.54) is 0 Å². The van der Waals surface area contributed by atoms with Gasteiger partial charge in [-0.2, -0.15) is 5.10 Å². The molecule has 3 rings (SSSR count). The quantitative estimate of drug-likeness (QED) is 0.840. The minimum Gasteiger partial charge on any atom is -0.497 e. The zero-order chi connectivity index (χ0) is 18.8. The van der Waals surface area contributed by atoms with Crippen LogP contribution in [0.1, 0.15) is 24.4 Å². The fourth-order valence-electron chi connectivity index (χ4n) is 3.32. The Morgan fingerprint density at radius 1 is 1.23 bits per heavy atom. The second-order valence-electron chi connectivity index (χ2n) is 6.55. The van der Waals surface area contributed by atoms with E-state index in [2.05, 4.69) is 5.10 Å². The number of methoxy groups -OCH3 is 1. The van der Waals surface area contributed by atoms with E-state index in [0.717, 1.165) is 17.1 Å². The van der Waals surface area contributed by atoms with Crippen molar-refractivity contribution in [1.29, 1.82) is 0 Å². The summed E-state index contributed by atoms with van der Waals surface area (Å²) in [6.45, 7) is 6.67. The van der Waals surface area contributed by atoms with Crippen molar-refractivity contribution >= 4 is 17.5 Å². The van der Waals surface area contributed by atoms with Crippen molar-refractivity contribution in [3.63, 3.8) is 0 Å². The summed E-state index contributed by atoms with van der Waals surface area (Å²) in [5.41, 5.74) is 2.60. The number of rotatable bonds is 4. The van der Waals surface area contributed by atoms with Gasteiger partial charge < -0.3 is 14.5 Å². The number of hydrogen-bond acceptors (Lipinski definition) is 4. The summed E-state index contributed by atoms with van der Waals surface area (Å²) in [5, 5.41) is 4.39. The monoisotopic (exact) mass is 356 g/mol. The number of aryl methyl sites for hydroxylation is 2. The number of carbonyl (C=O) groups excluding carboxylic acids is 2. The number of anilines is 1. The van der Waals surface area contributed by atoms with Gasteiger partial charge >= 0.3 is 0 Å². The number of hydrogen-bond donors (Lipinski definition) is 0. The molecule has 2 heterocycles. The van der Waals surface area contributed by atoms with E-state index in [-0.39, 0.29) is 18.4 Å². The van der Waals surface area contributed by atoms with Gasteiger partial charge in [0.2, 0.25) is 11.8 Å². The average molecular weight is 356 g/mol. The van der Waals surface area contributed by atoms with Gasteiger partial charge in [0.15, 0.2) is 0 Å². The van der Waals surface area contributed by atoms with Gasteiger partial charge in [0, 0.05) is 30.5 Å². The number of ether oxygens (including phenoxy) is 1. The van der Waals surface area contributed by atoms with Crippen molar-refractivity contribution in [2.75, 3.05) is 31.6 Å². The highest BCUT2D eigenvalue weighted by atomic mass is 16.5. The molecule has 1 aromatic heterocycles. The highest BCUT2D eigenvalue weighted by Crippen LogP contribution is 2.23. The number of carbonyl (C=O) groups is 2. The SMILES string of the molecule is COc1cccc(N2CCN(C(=O)C(C)n3nc(C)cc3C)CC2=O)c1. The Bertz CT molecular complexity index is 830. The second kappa shape index (κ2) is 7.19. The molecule has 7 heteroatoms. The Hall–Kier alpha value is -2.83. The lowest BCUT2D eigenvalue weighted by Gasteiger charge is -2.35. The van der Waals surface area contributed by atoms with Crippen LogP contribution in [-0.4, -0.2) is 53.2 Å². The zero-order valence-corrected chi connectivity index (χ0v) is 15.6. The number of piperazine rings is 1. The molecule has 1 aliphatic rings. The first-order valence-electron chi connectivity index (χ1n) is 8.66. The highest BCUT2D eigenvalue weighted by Gasteiger charge is 2.31. The molecule has 0 spiro atoms. The van der Waals surface area contributed by atoms with E-state index in [1.54, 1.807) is 21.6 Å². The minimum absolute atomic E-state index is 0.0691. The predicted molar refractivity (Wildman–Crippen MR) is 98.3 cm³/mol. The lowest BCUT2D eigenvalue weighted by Crippen LogP contribution is -2.53. The third-order valence-corrected chi connectivity index (χ3v) is 4.67. The molecule has 0 bridgehead atoms. The van der Waals surface area contributed by atoms with E-state index in [9.17, 15) is 9.59 Å². The maximum atomic E-state index is 12.8. The molecule has 0 N–H and O–H groups in total. The summed E-state index contributed by atoms with van der Waals surface area (Å²) in [7, 11) is 1.60. The summed E-state index contributed by atoms with van der Waals surface area (Å²) >= 11 is 0. The lowest BCUT2D eigenvalue weighted by atomic mass is 10.2. The Morgan fingerprint density at radius 3 is 2.62 bits per heavy atom. The molecular weight excluding hydrogens is 332 g/mol. The molecule has 138 valence electrons. The van der Waals surface area contributed by atoms with Crippen LogP contribution in [0, 0.1) is 13.8 Å². The van der Waals surface area contributed by atoms with E-state index in [1.807, 2.05) is 51.1 Å². The fraction of sp³-hybridized carbons (Fsp3) is 0.421. The summed E-state index contributed by atoms with van der Waals surface area (Å²) in [4.78, 5) is 28.7. The molecule has 26 heavy (non-hydrogen) atoms. The first-order valence-corrected chi connectivity index (χ1v) is 8.66. The average Bonchev–Trinajstić information content (AvgIpc) is 2.98. The molecule has 0 aliphatic carbocycles. The molecule has 2 aromatic rings. The Morgan fingerprint density at radius 2 is 2.00 bits per heavy atom. The normalized spacial score (nSPS) is 15.9. The van der Waals surface area contributed by atoms with Gasteiger partial charge in [-0.25, -0.2) is 0 Å². The van der Waals surface area contributed by atoms with Gasteiger partial charge in [-0.15, -0.1) is 0 Å². The van der Waals surface area contributed by atoms with Crippen LogP contribution in [0.25, 0.3) is 0 Å². The van der Waals surface area contributed by atoms with Crippen LogP contribution < -0.4 is 9.64 Å². The third-order valence-electron chi connectivity index (χ3n) is 4.67. The Labute approximate surface area is 153 Å². The summed E-state index contributed by atoms with van der Waals surface area (Å²) in [6, 6.07) is 8.90. The van der Waals surface area contributed by atoms with Crippen molar-refractivity contribution in [2.24, 2.45) is 0 Å². The molecule has 1 unspecified atom stereocenters. The van der Waals surface area contributed by atoms with Gasteiger partial charge in [-0.05, 0) is 39.0 Å². The van der Waals surface area contributed by atoms with Crippen molar-refractivity contribution < 1.29 is 14.3 Å². The van der Waals surface area contributed by atoms with Crippen LogP contribution >= 0.6 is 0 Å². The number of aromatic nitrogens is 2. The van der Waals surface area contributed by atoms with Crippen molar-refractivity contribution in [3.05, 3.63) is 41.7 Å². The predicted octanol–water partition coefficient (Wildman–Crippen LogP) is 1.94. The number of amides is 2. The minimum atomic E-state index is -0.431. The van der Waals surface area contributed by atoms with Gasteiger partial charge in [-0.1, -0.05) is 6.07 Å². The maximum absolute atomic E-state index is 12.8. The molecule has 0 saturated carbocycles.